The van der Waals surface area contributed by atoms with E-state index in [1.807, 2.05) is 0 Å². The van der Waals surface area contributed by atoms with Crippen LogP contribution in [0.2, 0.25) is 0 Å². The van der Waals surface area contributed by atoms with E-state index in [0.717, 1.165) is 5.56 Å². The predicted molar refractivity (Wildman–Crippen MR) is 90.3 cm³/mol. The first-order valence-electron chi connectivity index (χ1n) is 7.91. The average molecular weight is 388 g/mol. The summed E-state index contributed by atoms with van der Waals surface area (Å²) in [6.07, 6.45) is 0.295. The van der Waals surface area contributed by atoms with E-state index < -0.39 is 25.9 Å². The Bertz CT molecular complexity index is 987. The third-order valence-corrected chi connectivity index (χ3v) is 8.10. The molecule has 0 bridgehead atoms. The summed E-state index contributed by atoms with van der Waals surface area (Å²) in [5.74, 6) is 0.495. The zero-order valence-electron chi connectivity index (χ0n) is 14.2. The standard InChI is InChI=1S/C15H20N2O6S2/c1-4-17(12-7-8-24(18,19)9-12)25(20,21)14-6-5-13(22-14)15-10(2)11(3)16-23-15/h5-6,12H,4,7-9H2,1-3H3. The molecule has 1 unspecified atom stereocenters. The molecular weight excluding hydrogens is 368 g/mol. The van der Waals surface area contributed by atoms with Gasteiger partial charge in [-0.15, -0.1) is 0 Å². The van der Waals surface area contributed by atoms with Crippen molar-refractivity contribution in [2.24, 2.45) is 0 Å². The van der Waals surface area contributed by atoms with Crippen LogP contribution >= 0.6 is 0 Å². The molecule has 2 aromatic heterocycles. The Labute approximate surface area is 146 Å². The predicted octanol–water partition coefficient (Wildman–Crippen LogP) is 1.75. The molecule has 3 heterocycles. The maximum absolute atomic E-state index is 12.9. The quantitative estimate of drug-likeness (QED) is 0.767. The first kappa shape index (κ1) is 18.2. The highest BCUT2D eigenvalue weighted by atomic mass is 32.2. The van der Waals surface area contributed by atoms with Crippen molar-refractivity contribution >= 4 is 19.9 Å². The molecule has 0 saturated carbocycles. The van der Waals surface area contributed by atoms with E-state index in [-0.39, 0.29) is 28.9 Å². The Morgan fingerprint density at radius 2 is 2.04 bits per heavy atom. The molecule has 8 nitrogen and oxygen atoms in total. The molecule has 25 heavy (non-hydrogen) atoms. The van der Waals surface area contributed by atoms with Gasteiger partial charge in [0.15, 0.2) is 15.6 Å². The highest BCUT2D eigenvalue weighted by molar-refractivity contribution is 7.92. The van der Waals surface area contributed by atoms with E-state index in [1.165, 1.54) is 16.4 Å². The van der Waals surface area contributed by atoms with Crippen LogP contribution in [-0.2, 0) is 19.9 Å². The molecule has 2 aromatic rings. The topological polar surface area (TPSA) is 111 Å². The van der Waals surface area contributed by atoms with Gasteiger partial charge < -0.3 is 8.94 Å². The molecule has 0 aromatic carbocycles. The minimum absolute atomic E-state index is 0.00360. The molecule has 1 aliphatic heterocycles. The fourth-order valence-electron chi connectivity index (χ4n) is 2.97. The van der Waals surface area contributed by atoms with Gasteiger partial charge in [0.2, 0.25) is 10.9 Å². The molecule has 0 N–H and O–H groups in total. The van der Waals surface area contributed by atoms with E-state index in [9.17, 15) is 16.8 Å². The van der Waals surface area contributed by atoms with Gasteiger partial charge in [0.25, 0.3) is 10.0 Å². The van der Waals surface area contributed by atoms with Crippen LogP contribution in [0.5, 0.6) is 0 Å². The van der Waals surface area contributed by atoms with Gasteiger partial charge >= 0.3 is 0 Å². The van der Waals surface area contributed by atoms with E-state index in [4.69, 9.17) is 8.94 Å². The fraction of sp³-hybridized carbons (Fsp3) is 0.533. The van der Waals surface area contributed by atoms with Gasteiger partial charge in [0.1, 0.15) is 0 Å². The second-order valence-electron chi connectivity index (χ2n) is 6.11. The van der Waals surface area contributed by atoms with Crippen molar-refractivity contribution < 1.29 is 25.8 Å². The minimum atomic E-state index is -3.94. The number of sulfone groups is 1. The second-order valence-corrected chi connectivity index (χ2v) is 10.2. The highest BCUT2D eigenvalue weighted by Crippen LogP contribution is 2.31. The van der Waals surface area contributed by atoms with Crippen molar-refractivity contribution in [3.63, 3.8) is 0 Å². The number of hydrogen-bond acceptors (Lipinski definition) is 7. The molecule has 138 valence electrons. The smallest absolute Gasteiger partial charge is 0.276 e. The Balaban J connectivity index is 1.93. The van der Waals surface area contributed by atoms with Gasteiger partial charge in [-0.25, -0.2) is 16.8 Å². The number of aromatic nitrogens is 1. The van der Waals surface area contributed by atoms with Crippen LogP contribution in [0.15, 0.2) is 26.2 Å². The Hall–Kier alpha value is -1.65. The van der Waals surface area contributed by atoms with Crippen molar-refractivity contribution in [1.29, 1.82) is 0 Å². The summed E-state index contributed by atoms with van der Waals surface area (Å²) >= 11 is 0. The lowest BCUT2D eigenvalue weighted by molar-refractivity contribution is 0.336. The molecule has 1 atom stereocenters. The Kier molecular flexibility index (Phi) is 4.54. The maximum atomic E-state index is 12.9. The van der Waals surface area contributed by atoms with E-state index in [0.29, 0.717) is 17.9 Å². The Morgan fingerprint density at radius 3 is 2.56 bits per heavy atom. The lowest BCUT2D eigenvalue weighted by Crippen LogP contribution is -2.40. The molecule has 1 fully saturated rings. The van der Waals surface area contributed by atoms with Crippen LogP contribution in [0.3, 0.4) is 0 Å². The molecule has 0 spiro atoms. The lowest BCUT2D eigenvalue weighted by Gasteiger charge is -2.24. The van der Waals surface area contributed by atoms with E-state index in [1.54, 1.807) is 20.8 Å². The van der Waals surface area contributed by atoms with Gasteiger partial charge in [-0.05, 0) is 32.4 Å². The lowest BCUT2D eigenvalue weighted by atomic mass is 10.2. The van der Waals surface area contributed by atoms with Crippen LogP contribution in [0.4, 0.5) is 0 Å². The number of sulfonamides is 1. The number of hydrogen-bond donors (Lipinski definition) is 0. The molecule has 1 saturated heterocycles. The summed E-state index contributed by atoms with van der Waals surface area (Å²) < 4.78 is 61.0. The van der Waals surface area contributed by atoms with Crippen molar-refractivity contribution in [2.45, 2.75) is 38.3 Å². The summed E-state index contributed by atoms with van der Waals surface area (Å²) in [5, 5.41) is 3.60. The molecule has 0 radical (unpaired) electrons. The summed E-state index contributed by atoms with van der Waals surface area (Å²) in [5.41, 5.74) is 1.47. The third-order valence-electron chi connectivity index (χ3n) is 4.45. The highest BCUT2D eigenvalue weighted by Gasteiger charge is 2.39. The van der Waals surface area contributed by atoms with Gasteiger partial charge in [-0.2, -0.15) is 4.31 Å². The van der Waals surface area contributed by atoms with E-state index >= 15 is 0 Å². The van der Waals surface area contributed by atoms with Crippen LogP contribution in [0, 0.1) is 13.8 Å². The third kappa shape index (κ3) is 3.25. The summed E-state index contributed by atoms with van der Waals surface area (Å²) in [4.78, 5) is 0. The summed E-state index contributed by atoms with van der Waals surface area (Å²) in [6.45, 7) is 5.43. The van der Waals surface area contributed by atoms with Gasteiger partial charge in [0, 0.05) is 18.2 Å². The summed E-state index contributed by atoms with van der Waals surface area (Å²) in [6, 6.07) is 2.30. The van der Waals surface area contributed by atoms with Crippen molar-refractivity contribution in [2.75, 3.05) is 18.1 Å². The molecule has 0 amide bonds. The molecule has 3 rings (SSSR count). The van der Waals surface area contributed by atoms with Crippen LogP contribution in [-0.4, -0.2) is 50.4 Å². The first-order valence-corrected chi connectivity index (χ1v) is 11.2. The van der Waals surface area contributed by atoms with Gasteiger partial charge in [-0.1, -0.05) is 12.1 Å². The van der Waals surface area contributed by atoms with Crippen molar-refractivity contribution in [3.8, 4) is 11.5 Å². The maximum Gasteiger partial charge on any atom is 0.276 e. The fourth-order valence-corrected chi connectivity index (χ4v) is 6.37. The second kappa shape index (κ2) is 6.26. The monoisotopic (exact) mass is 388 g/mol. The minimum Gasteiger partial charge on any atom is -0.440 e. The Morgan fingerprint density at radius 1 is 1.32 bits per heavy atom. The van der Waals surface area contributed by atoms with Crippen molar-refractivity contribution in [1.82, 2.24) is 9.46 Å². The van der Waals surface area contributed by atoms with Gasteiger partial charge in [-0.3, -0.25) is 0 Å². The van der Waals surface area contributed by atoms with Crippen molar-refractivity contribution in [3.05, 3.63) is 23.4 Å². The molecule has 10 heteroatoms. The molecule has 0 aliphatic carbocycles. The van der Waals surface area contributed by atoms with Gasteiger partial charge in [0.05, 0.1) is 17.2 Å². The molecular formula is C15H20N2O6S2. The number of furan rings is 1. The largest absolute Gasteiger partial charge is 0.440 e. The number of aryl methyl sites for hydroxylation is 1. The molecule has 1 aliphatic rings. The number of nitrogens with zero attached hydrogens (tertiary/aromatic N) is 2. The zero-order valence-corrected chi connectivity index (χ0v) is 15.9. The van der Waals surface area contributed by atoms with Crippen LogP contribution < -0.4 is 0 Å². The van der Waals surface area contributed by atoms with Crippen LogP contribution in [0.25, 0.3) is 11.5 Å². The average Bonchev–Trinajstić information content (AvgIpc) is 3.21. The summed E-state index contributed by atoms with van der Waals surface area (Å²) in [7, 11) is -7.13. The SMILES string of the molecule is CCN(C1CCS(=O)(=O)C1)S(=O)(=O)c1ccc(-c2onc(C)c2C)o1. The first-order chi connectivity index (χ1) is 11.7. The zero-order chi connectivity index (χ0) is 18.4. The van der Waals surface area contributed by atoms with Crippen LogP contribution in [0.1, 0.15) is 24.6 Å². The number of rotatable bonds is 5. The normalized spacial score (nSPS) is 20.4. The van der Waals surface area contributed by atoms with E-state index in [2.05, 4.69) is 5.16 Å².